The molecule has 0 radical (unpaired) electrons. The van der Waals surface area contributed by atoms with E-state index in [1.54, 1.807) is 13.2 Å². The Morgan fingerprint density at radius 1 is 1.12 bits per heavy atom. The molecule has 24 heavy (non-hydrogen) atoms. The number of hydrogen-bond acceptors (Lipinski definition) is 4. The summed E-state index contributed by atoms with van der Waals surface area (Å²) in [5, 5.41) is 4.06. The van der Waals surface area contributed by atoms with Crippen LogP contribution in [0.5, 0.6) is 11.5 Å². The van der Waals surface area contributed by atoms with Crippen molar-refractivity contribution in [3.05, 3.63) is 58.6 Å². The van der Waals surface area contributed by atoms with Gasteiger partial charge >= 0.3 is 0 Å². The Bertz CT molecular complexity index is 633. The van der Waals surface area contributed by atoms with E-state index in [1.807, 2.05) is 36.4 Å². The number of ether oxygens (including phenoxy) is 2. The smallest absolute Gasteiger partial charge is 0.166 e. The highest BCUT2D eigenvalue weighted by Crippen LogP contribution is 2.35. The fourth-order valence-corrected chi connectivity index (χ4v) is 2.56. The largest absolute Gasteiger partial charge is 0.493 e. The van der Waals surface area contributed by atoms with Gasteiger partial charge in [-0.15, -0.1) is 0 Å². The number of halogens is 1. The highest BCUT2D eigenvalue weighted by atomic mass is 35.5. The third kappa shape index (κ3) is 5.71. The Labute approximate surface area is 149 Å². The van der Waals surface area contributed by atoms with Gasteiger partial charge < -0.3 is 19.7 Å². The van der Waals surface area contributed by atoms with Crippen molar-refractivity contribution in [1.29, 1.82) is 0 Å². The molecule has 0 fully saturated rings. The summed E-state index contributed by atoms with van der Waals surface area (Å²) in [4.78, 5) is 2.14. The molecular weight excluding hydrogens is 324 g/mol. The highest BCUT2D eigenvalue weighted by molar-refractivity contribution is 6.30. The van der Waals surface area contributed by atoms with Crippen LogP contribution in [0.1, 0.15) is 11.1 Å². The first-order chi connectivity index (χ1) is 11.6. The van der Waals surface area contributed by atoms with Crippen LogP contribution in [0.25, 0.3) is 0 Å². The summed E-state index contributed by atoms with van der Waals surface area (Å²) in [6, 6.07) is 13.8. The summed E-state index contributed by atoms with van der Waals surface area (Å²) < 4.78 is 11.5. The van der Waals surface area contributed by atoms with Crippen LogP contribution < -0.4 is 14.8 Å². The Morgan fingerprint density at radius 3 is 2.54 bits per heavy atom. The first kappa shape index (κ1) is 18.6. The van der Waals surface area contributed by atoms with Gasteiger partial charge in [-0.1, -0.05) is 41.9 Å². The summed E-state index contributed by atoms with van der Waals surface area (Å²) in [5.41, 5.74) is 2.11. The number of nitrogens with one attached hydrogen (secondary N) is 1. The molecule has 0 aliphatic rings. The molecule has 0 bridgehead atoms. The van der Waals surface area contributed by atoms with Crippen LogP contribution in [0.3, 0.4) is 0 Å². The molecule has 0 amide bonds. The van der Waals surface area contributed by atoms with Crippen molar-refractivity contribution in [2.45, 2.75) is 13.2 Å². The maximum Gasteiger partial charge on any atom is 0.166 e. The normalized spacial score (nSPS) is 10.9. The van der Waals surface area contributed by atoms with E-state index in [1.165, 1.54) is 0 Å². The second kappa shape index (κ2) is 9.52. The zero-order valence-electron chi connectivity index (χ0n) is 14.5. The summed E-state index contributed by atoms with van der Waals surface area (Å²) >= 11 is 6.21. The molecule has 2 aromatic carbocycles. The third-order valence-electron chi connectivity index (χ3n) is 3.59. The molecule has 4 nitrogen and oxygen atoms in total. The quantitative estimate of drug-likeness (QED) is 0.702. The number of nitrogens with zero attached hydrogens (tertiary/aromatic N) is 1. The van der Waals surface area contributed by atoms with Gasteiger partial charge in [0.05, 0.1) is 7.11 Å². The molecule has 0 spiro atoms. The maximum absolute atomic E-state index is 6.21. The fourth-order valence-electron chi connectivity index (χ4n) is 2.32. The van der Waals surface area contributed by atoms with Gasteiger partial charge in [0.15, 0.2) is 11.5 Å². The van der Waals surface area contributed by atoms with E-state index in [-0.39, 0.29) is 0 Å². The molecule has 0 saturated heterocycles. The third-order valence-corrected chi connectivity index (χ3v) is 3.81. The zero-order chi connectivity index (χ0) is 17.4. The fraction of sp³-hybridized carbons (Fsp3) is 0.368. The van der Waals surface area contributed by atoms with Crippen molar-refractivity contribution < 1.29 is 9.47 Å². The van der Waals surface area contributed by atoms with Crippen molar-refractivity contribution in [2.24, 2.45) is 0 Å². The molecule has 0 aromatic heterocycles. The van der Waals surface area contributed by atoms with Gasteiger partial charge in [-0.05, 0) is 25.7 Å². The second-order valence-electron chi connectivity index (χ2n) is 5.85. The van der Waals surface area contributed by atoms with E-state index in [0.29, 0.717) is 23.9 Å². The van der Waals surface area contributed by atoms with Crippen molar-refractivity contribution in [2.75, 3.05) is 34.3 Å². The van der Waals surface area contributed by atoms with Crippen molar-refractivity contribution in [3.8, 4) is 11.5 Å². The van der Waals surface area contributed by atoms with Gasteiger partial charge in [0.1, 0.15) is 6.61 Å². The van der Waals surface area contributed by atoms with Crippen molar-refractivity contribution in [1.82, 2.24) is 10.2 Å². The number of likely N-dealkylation sites (N-methyl/N-ethyl adjacent to an activating group) is 1. The van der Waals surface area contributed by atoms with E-state index in [9.17, 15) is 0 Å². The number of hydrogen-bond donors (Lipinski definition) is 1. The van der Waals surface area contributed by atoms with Gasteiger partial charge in [-0.3, -0.25) is 0 Å². The molecule has 130 valence electrons. The van der Waals surface area contributed by atoms with E-state index in [2.05, 4.69) is 24.3 Å². The second-order valence-corrected chi connectivity index (χ2v) is 6.29. The lowest BCUT2D eigenvalue weighted by Gasteiger charge is -2.17. The zero-order valence-corrected chi connectivity index (χ0v) is 15.3. The molecule has 0 heterocycles. The average Bonchev–Trinajstić information content (AvgIpc) is 2.58. The van der Waals surface area contributed by atoms with Crippen LogP contribution in [-0.2, 0) is 13.2 Å². The van der Waals surface area contributed by atoms with Crippen LogP contribution >= 0.6 is 11.6 Å². The molecule has 0 aliphatic heterocycles. The van der Waals surface area contributed by atoms with Crippen LogP contribution in [0.4, 0.5) is 0 Å². The predicted molar refractivity (Wildman–Crippen MR) is 99.0 cm³/mol. The van der Waals surface area contributed by atoms with E-state index in [4.69, 9.17) is 21.1 Å². The number of benzene rings is 2. The lowest BCUT2D eigenvalue weighted by Crippen LogP contribution is -2.26. The van der Waals surface area contributed by atoms with Crippen LogP contribution in [0.15, 0.2) is 42.5 Å². The predicted octanol–water partition coefficient (Wildman–Crippen LogP) is 3.58. The van der Waals surface area contributed by atoms with Gasteiger partial charge in [0, 0.05) is 36.3 Å². The minimum atomic E-state index is 0.490. The first-order valence-corrected chi connectivity index (χ1v) is 8.36. The molecular formula is C19H25ClN2O2. The lowest BCUT2D eigenvalue weighted by atomic mass is 10.1. The molecule has 1 N–H and O–H groups in total. The maximum atomic E-state index is 6.21. The van der Waals surface area contributed by atoms with Gasteiger partial charge in [-0.2, -0.15) is 0 Å². The monoisotopic (exact) mass is 348 g/mol. The summed E-state index contributed by atoms with van der Waals surface area (Å²) in [6.07, 6.45) is 0. The van der Waals surface area contributed by atoms with Crippen LogP contribution in [0.2, 0.25) is 5.02 Å². The average molecular weight is 349 g/mol. The minimum absolute atomic E-state index is 0.490. The SMILES string of the molecule is COc1cc(Cl)cc(CNCCN(C)C)c1OCc1ccccc1. The lowest BCUT2D eigenvalue weighted by molar-refractivity contribution is 0.280. The van der Waals surface area contributed by atoms with Gasteiger partial charge in [0.25, 0.3) is 0 Å². The minimum Gasteiger partial charge on any atom is -0.493 e. The summed E-state index contributed by atoms with van der Waals surface area (Å²) in [7, 11) is 5.74. The van der Waals surface area contributed by atoms with Gasteiger partial charge in [0.2, 0.25) is 0 Å². The Balaban J connectivity index is 2.10. The number of methoxy groups -OCH3 is 1. The summed E-state index contributed by atoms with van der Waals surface area (Å²) in [6.45, 7) is 3.02. The first-order valence-electron chi connectivity index (χ1n) is 7.98. The molecule has 2 rings (SSSR count). The van der Waals surface area contributed by atoms with E-state index in [0.717, 1.165) is 30.0 Å². The highest BCUT2D eigenvalue weighted by Gasteiger charge is 2.13. The van der Waals surface area contributed by atoms with E-state index >= 15 is 0 Å². The molecule has 2 aromatic rings. The topological polar surface area (TPSA) is 33.7 Å². The Kier molecular flexibility index (Phi) is 7.37. The van der Waals surface area contributed by atoms with Crippen molar-refractivity contribution in [3.63, 3.8) is 0 Å². The molecule has 0 saturated carbocycles. The standard InChI is InChI=1S/C19H25ClN2O2/c1-22(2)10-9-21-13-16-11-17(20)12-18(23-3)19(16)24-14-15-7-5-4-6-8-15/h4-8,11-12,21H,9-10,13-14H2,1-3H3. The summed E-state index contributed by atoms with van der Waals surface area (Å²) in [5.74, 6) is 1.39. The van der Waals surface area contributed by atoms with Crippen LogP contribution in [0, 0.1) is 0 Å². The Hall–Kier alpha value is -1.75. The van der Waals surface area contributed by atoms with Crippen LogP contribution in [-0.4, -0.2) is 39.2 Å². The molecule has 0 unspecified atom stereocenters. The molecule has 0 atom stereocenters. The van der Waals surface area contributed by atoms with Gasteiger partial charge in [-0.25, -0.2) is 0 Å². The molecule has 5 heteroatoms. The Morgan fingerprint density at radius 2 is 1.88 bits per heavy atom. The molecule has 0 aliphatic carbocycles. The number of rotatable bonds is 9. The van der Waals surface area contributed by atoms with Crippen molar-refractivity contribution >= 4 is 11.6 Å². The van der Waals surface area contributed by atoms with E-state index < -0.39 is 0 Å².